The number of nitrogens with two attached hydrogens (primary N) is 1. The summed E-state index contributed by atoms with van der Waals surface area (Å²) >= 11 is 4.86. The van der Waals surface area contributed by atoms with Crippen molar-refractivity contribution in [2.24, 2.45) is 5.73 Å². The van der Waals surface area contributed by atoms with Gasteiger partial charge in [-0.05, 0) is 32.6 Å². The predicted octanol–water partition coefficient (Wildman–Crippen LogP) is -0.147. The van der Waals surface area contributed by atoms with Crippen LogP contribution in [-0.2, 0) is 0 Å². The number of pyridine rings is 1. The number of amides is 1. The van der Waals surface area contributed by atoms with E-state index in [1.807, 2.05) is 19.0 Å². The molecule has 6 nitrogen and oxygen atoms in total. The molecule has 1 fully saturated rings. The van der Waals surface area contributed by atoms with Crippen molar-refractivity contribution in [2.45, 2.75) is 18.6 Å². The minimum absolute atomic E-state index is 0.000406. The second-order valence-corrected chi connectivity index (χ2v) is 6.00. The molecule has 0 radical (unpaired) electrons. The summed E-state index contributed by atoms with van der Waals surface area (Å²) in [5.74, 6) is -0.173. The number of likely N-dealkylation sites (tertiary alicyclic amines) is 1. The molecule has 1 aliphatic heterocycles. The third kappa shape index (κ3) is 3.75. The van der Waals surface area contributed by atoms with Crippen molar-refractivity contribution in [2.75, 3.05) is 27.2 Å². The number of β-amino-alcohol motifs (C(OH)–C–C–N with tert-alkyl or cyclic N) is 1. The van der Waals surface area contributed by atoms with Crippen LogP contribution < -0.4 is 5.73 Å². The number of hydrogen-bond donors (Lipinski definition) is 2. The first kappa shape index (κ1) is 15.8. The predicted molar refractivity (Wildman–Crippen MR) is 84.1 cm³/mol. The van der Waals surface area contributed by atoms with Crippen LogP contribution in [0.1, 0.15) is 22.5 Å². The van der Waals surface area contributed by atoms with E-state index in [-0.39, 0.29) is 16.9 Å². The minimum Gasteiger partial charge on any atom is -0.391 e. The monoisotopic (exact) mass is 308 g/mol. The van der Waals surface area contributed by atoms with Gasteiger partial charge in [0.05, 0.1) is 6.10 Å². The molecule has 0 spiro atoms. The first-order chi connectivity index (χ1) is 9.88. The van der Waals surface area contributed by atoms with Gasteiger partial charge < -0.3 is 20.6 Å². The molecule has 0 saturated carbocycles. The van der Waals surface area contributed by atoms with Gasteiger partial charge in [0.15, 0.2) is 0 Å². The number of aliphatic hydroxyl groups is 1. The van der Waals surface area contributed by atoms with Crippen LogP contribution >= 0.6 is 12.2 Å². The third-order valence-corrected chi connectivity index (χ3v) is 3.73. The van der Waals surface area contributed by atoms with Gasteiger partial charge in [0.1, 0.15) is 10.7 Å². The highest BCUT2D eigenvalue weighted by molar-refractivity contribution is 7.80. The molecule has 1 aromatic rings. The quantitative estimate of drug-likeness (QED) is 0.753. The number of nitrogens with zero attached hydrogens (tertiary/aromatic N) is 3. The van der Waals surface area contributed by atoms with E-state index in [9.17, 15) is 9.90 Å². The van der Waals surface area contributed by atoms with E-state index in [0.717, 1.165) is 0 Å². The SMILES string of the molecule is CN(C)CC1CC(O)CN1C(=O)c1ccc(C(N)=S)cn1. The zero-order chi connectivity index (χ0) is 15.6. The Bertz CT molecular complexity index is 532. The van der Waals surface area contributed by atoms with Crippen molar-refractivity contribution in [3.05, 3.63) is 29.6 Å². The summed E-state index contributed by atoms with van der Waals surface area (Å²) in [6.45, 7) is 1.06. The number of likely N-dealkylation sites (N-methyl/N-ethyl adjacent to an activating group) is 1. The van der Waals surface area contributed by atoms with E-state index in [0.29, 0.717) is 30.8 Å². The molecule has 1 saturated heterocycles. The molecule has 0 aliphatic carbocycles. The van der Waals surface area contributed by atoms with Crippen LogP contribution in [0, 0.1) is 0 Å². The molecule has 21 heavy (non-hydrogen) atoms. The van der Waals surface area contributed by atoms with Gasteiger partial charge in [-0.1, -0.05) is 12.2 Å². The highest BCUT2D eigenvalue weighted by Gasteiger charge is 2.35. The van der Waals surface area contributed by atoms with Crippen molar-refractivity contribution >= 4 is 23.1 Å². The van der Waals surface area contributed by atoms with Crippen molar-refractivity contribution in [1.29, 1.82) is 0 Å². The molecule has 2 rings (SSSR count). The summed E-state index contributed by atoms with van der Waals surface area (Å²) in [5, 5.41) is 9.83. The molecule has 3 N–H and O–H groups in total. The van der Waals surface area contributed by atoms with Crippen LogP contribution in [0.15, 0.2) is 18.3 Å². The molecular weight excluding hydrogens is 288 g/mol. The number of carbonyl (C=O) groups is 1. The Kier molecular flexibility index (Phi) is 4.87. The standard InChI is InChI=1S/C14H20N4O2S/c1-17(2)7-10-5-11(19)8-18(10)14(20)12-4-3-9(6-16-12)13(15)21/h3-4,6,10-11,19H,5,7-8H2,1-2H3,(H2,15,21). The number of aliphatic hydroxyl groups excluding tert-OH is 1. The lowest BCUT2D eigenvalue weighted by molar-refractivity contribution is 0.0693. The molecule has 7 heteroatoms. The Hall–Kier alpha value is -1.57. The second-order valence-electron chi connectivity index (χ2n) is 5.56. The topological polar surface area (TPSA) is 82.7 Å². The van der Waals surface area contributed by atoms with Crippen LogP contribution in [0.25, 0.3) is 0 Å². The van der Waals surface area contributed by atoms with Crippen LogP contribution in [0.3, 0.4) is 0 Å². The van der Waals surface area contributed by atoms with E-state index in [4.69, 9.17) is 18.0 Å². The fourth-order valence-corrected chi connectivity index (χ4v) is 2.67. The van der Waals surface area contributed by atoms with Crippen LogP contribution in [0.4, 0.5) is 0 Å². The summed E-state index contributed by atoms with van der Waals surface area (Å²) in [4.78, 5) is 20.6. The second kappa shape index (κ2) is 6.46. The molecule has 2 unspecified atom stereocenters. The number of thiocarbonyl (C=S) groups is 1. The van der Waals surface area contributed by atoms with E-state index in [2.05, 4.69) is 4.98 Å². The lowest BCUT2D eigenvalue weighted by Crippen LogP contribution is -2.41. The van der Waals surface area contributed by atoms with Crippen molar-refractivity contribution in [1.82, 2.24) is 14.8 Å². The smallest absolute Gasteiger partial charge is 0.272 e. The fourth-order valence-electron chi connectivity index (χ4n) is 2.55. The number of carbonyl (C=O) groups excluding carboxylic acids is 1. The first-order valence-corrected chi connectivity index (χ1v) is 7.19. The molecule has 114 valence electrons. The Morgan fingerprint density at radius 2 is 2.29 bits per heavy atom. The maximum Gasteiger partial charge on any atom is 0.272 e. The van der Waals surface area contributed by atoms with Gasteiger partial charge >= 0.3 is 0 Å². The van der Waals surface area contributed by atoms with Gasteiger partial charge in [0.25, 0.3) is 5.91 Å². The zero-order valence-corrected chi connectivity index (χ0v) is 13.0. The molecule has 0 bridgehead atoms. The van der Waals surface area contributed by atoms with Gasteiger partial charge in [-0.15, -0.1) is 0 Å². The lowest BCUT2D eigenvalue weighted by atomic mass is 10.2. The van der Waals surface area contributed by atoms with Crippen LogP contribution in [-0.4, -0.2) is 70.1 Å². The molecular formula is C14H20N4O2S. The van der Waals surface area contributed by atoms with E-state index in [1.54, 1.807) is 17.0 Å². The third-order valence-electron chi connectivity index (χ3n) is 3.50. The Labute approximate surface area is 129 Å². The fraction of sp³-hybridized carbons (Fsp3) is 0.500. The number of rotatable bonds is 4. The summed E-state index contributed by atoms with van der Waals surface area (Å²) in [6.07, 6.45) is 1.62. The molecule has 1 aliphatic rings. The molecule has 0 aromatic carbocycles. The van der Waals surface area contributed by atoms with Crippen LogP contribution in [0.5, 0.6) is 0 Å². The Morgan fingerprint density at radius 1 is 1.57 bits per heavy atom. The van der Waals surface area contributed by atoms with Gasteiger partial charge in [-0.3, -0.25) is 9.78 Å². The number of aromatic nitrogens is 1. The molecule has 1 amide bonds. The maximum atomic E-state index is 12.5. The molecule has 1 aromatic heterocycles. The van der Waals surface area contributed by atoms with Gasteiger partial charge in [-0.2, -0.15) is 0 Å². The van der Waals surface area contributed by atoms with E-state index in [1.165, 1.54) is 6.20 Å². The van der Waals surface area contributed by atoms with E-state index < -0.39 is 6.10 Å². The van der Waals surface area contributed by atoms with Crippen LogP contribution in [0.2, 0.25) is 0 Å². The summed E-state index contributed by atoms with van der Waals surface area (Å²) in [6, 6.07) is 3.31. The zero-order valence-electron chi connectivity index (χ0n) is 12.2. The highest BCUT2D eigenvalue weighted by atomic mass is 32.1. The van der Waals surface area contributed by atoms with Gasteiger partial charge in [0, 0.05) is 30.9 Å². The Morgan fingerprint density at radius 3 is 2.81 bits per heavy atom. The van der Waals surface area contributed by atoms with Gasteiger partial charge in [0.2, 0.25) is 0 Å². The summed E-state index contributed by atoms with van der Waals surface area (Å²) < 4.78 is 0. The molecule has 2 atom stereocenters. The van der Waals surface area contributed by atoms with E-state index >= 15 is 0 Å². The largest absolute Gasteiger partial charge is 0.391 e. The molecule has 2 heterocycles. The average Bonchev–Trinajstić information content (AvgIpc) is 2.78. The minimum atomic E-state index is -0.477. The lowest BCUT2D eigenvalue weighted by Gasteiger charge is -2.26. The van der Waals surface area contributed by atoms with Crippen molar-refractivity contribution in [3.8, 4) is 0 Å². The normalized spacial score (nSPS) is 21.8. The average molecular weight is 308 g/mol. The van der Waals surface area contributed by atoms with Gasteiger partial charge in [-0.25, -0.2) is 0 Å². The highest BCUT2D eigenvalue weighted by Crippen LogP contribution is 2.20. The summed E-state index contributed by atoms with van der Waals surface area (Å²) in [5.41, 5.74) is 6.49. The Balaban J connectivity index is 2.15. The van der Waals surface area contributed by atoms with Crippen molar-refractivity contribution in [3.63, 3.8) is 0 Å². The number of hydrogen-bond acceptors (Lipinski definition) is 5. The first-order valence-electron chi connectivity index (χ1n) is 6.78. The maximum absolute atomic E-state index is 12.5. The van der Waals surface area contributed by atoms with Crippen molar-refractivity contribution < 1.29 is 9.90 Å². The summed E-state index contributed by atoms with van der Waals surface area (Å²) in [7, 11) is 3.89.